The minimum atomic E-state index is -0.400. The van der Waals surface area contributed by atoms with E-state index in [9.17, 15) is 4.79 Å². The summed E-state index contributed by atoms with van der Waals surface area (Å²) >= 11 is 1.60. The van der Waals surface area contributed by atoms with Crippen LogP contribution in [0.15, 0.2) is 52.9 Å². The summed E-state index contributed by atoms with van der Waals surface area (Å²) in [7, 11) is 5.16. The lowest BCUT2D eigenvalue weighted by Crippen LogP contribution is -2.62. The van der Waals surface area contributed by atoms with Crippen molar-refractivity contribution in [3.05, 3.63) is 47.8 Å². The molecule has 2 aliphatic heterocycles. The van der Waals surface area contributed by atoms with E-state index in [4.69, 9.17) is 14.5 Å². The number of carbonyl (C=O) groups excluding carboxylic acids is 1. The fourth-order valence-corrected chi connectivity index (χ4v) is 5.04. The fourth-order valence-electron chi connectivity index (χ4n) is 4.37. The van der Waals surface area contributed by atoms with Crippen molar-refractivity contribution in [3.63, 3.8) is 0 Å². The van der Waals surface area contributed by atoms with Gasteiger partial charge in [-0.2, -0.15) is 4.98 Å². The fraction of sp³-hybridized carbons (Fsp3) is 0.368. The van der Waals surface area contributed by atoms with Gasteiger partial charge in [0, 0.05) is 19.6 Å². The van der Waals surface area contributed by atoms with Crippen molar-refractivity contribution in [3.8, 4) is 0 Å². The van der Waals surface area contributed by atoms with Gasteiger partial charge in [0.05, 0.1) is 32.0 Å². The van der Waals surface area contributed by atoms with Gasteiger partial charge in [0.15, 0.2) is 5.54 Å². The summed E-state index contributed by atoms with van der Waals surface area (Å²) in [6.45, 7) is 2.11. The molecule has 0 bridgehead atoms. The van der Waals surface area contributed by atoms with E-state index in [0.717, 1.165) is 17.4 Å². The van der Waals surface area contributed by atoms with Crippen LogP contribution in [-0.4, -0.2) is 48.3 Å². The van der Waals surface area contributed by atoms with Crippen LogP contribution in [0.5, 0.6) is 0 Å². The number of nitrogens with zero attached hydrogens (tertiary/aromatic N) is 3. The van der Waals surface area contributed by atoms with Gasteiger partial charge in [0.25, 0.3) is 0 Å². The van der Waals surface area contributed by atoms with E-state index in [2.05, 4.69) is 36.8 Å². The number of thioether (sulfide) groups is 1. The van der Waals surface area contributed by atoms with Crippen LogP contribution in [0.25, 0.3) is 5.70 Å². The molecule has 0 N–H and O–H groups in total. The number of methoxy groups -OCH3 is 2. The summed E-state index contributed by atoms with van der Waals surface area (Å²) in [4.78, 5) is 17.4. The maximum absolute atomic E-state index is 12.6. The minimum Gasteiger partial charge on any atom is -0.462 e. The standard InChI is InChI=1S/C19H22N3O3S/c1-13-7-5-9-19-10-6-8-14(17(23)25-4)22(19,2)18-20-11-15(26-12-24-3)21(18)16(13)19/h5-8,10-11H,9,12H2,1-4H3/q+1. The minimum absolute atomic E-state index is 0.279. The zero-order valence-electron chi connectivity index (χ0n) is 15.4. The zero-order valence-corrected chi connectivity index (χ0v) is 16.2. The molecule has 7 heteroatoms. The Hall–Kier alpha value is -2.09. The Kier molecular flexibility index (Phi) is 3.98. The molecule has 4 rings (SSSR count). The Morgan fingerprint density at radius 2 is 2.27 bits per heavy atom. The van der Waals surface area contributed by atoms with Crippen LogP contribution >= 0.6 is 11.8 Å². The highest BCUT2D eigenvalue weighted by Gasteiger charge is 2.65. The van der Waals surface area contributed by atoms with Crippen LogP contribution in [0.1, 0.15) is 13.3 Å². The average molecular weight is 372 g/mol. The zero-order chi connectivity index (χ0) is 18.5. The van der Waals surface area contributed by atoms with E-state index in [1.165, 1.54) is 18.4 Å². The highest BCUT2D eigenvalue weighted by Crippen LogP contribution is 2.57. The van der Waals surface area contributed by atoms with E-state index in [-0.39, 0.29) is 10.5 Å². The molecule has 1 aromatic rings. The molecule has 0 amide bonds. The van der Waals surface area contributed by atoms with Gasteiger partial charge in [-0.1, -0.05) is 30.0 Å². The Bertz CT molecular complexity index is 911. The van der Waals surface area contributed by atoms with Gasteiger partial charge in [0.1, 0.15) is 5.03 Å². The summed E-state index contributed by atoms with van der Waals surface area (Å²) in [5.74, 6) is 1.03. The number of carbonyl (C=O) groups is 1. The largest absolute Gasteiger partial charge is 0.462 e. The van der Waals surface area contributed by atoms with Crippen LogP contribution in [0, 0.1) is 0 Å². The number of aromatic nitrogens is 2. The van der Waals surface area contributed by atoms with Crippen molar-refractivity contribution in [2.75, 3.05) is 27.2 Å². The summed E-state index contributed by atoms with van der Waals surface area (Å²) in [6.07, 6.45) is 13.0. The maximum atomic E-state index is 12.6. The van der Waals surface area contributed by atoms with E-state index >= 15 is 0 Å². The smallest absolute Gasteiger partial charge is 0.393 e. The molecule has 0 fully saturated rings. The van der Waals surface area contributed by atoms with Crippen molar-refractivity contribution in [2.24, 2.45) is 0 Å². The van der Waals surface area contributed by atoms with Gasteiger partial charge >= 0.3 is 11.9 Å². The molecule has 0 radical (unpaired) electrons. The highest BCUT2D eigenvalue weighted by molar-refractivity contribution is 7.99. The van der Waals surface area contributed by atoms with Crippen molar-refractivity contribution in [2.45, 2.75) is 23.9 Å². The Morgan fingerprint density at radius 1 is 1.46 bits per heavy atom. The highest BCUT2D eigenvalue weighted by atomic mass is 32.2. The lowest BCUT2D eigenvalue weighted by molar-refractivity contribution is -0.138. The first-order chi connectivity index (χ1) is 12.5. The number of allylic oxidation sites excluding steroid dienone is 4. The second-order valence-electron chi connectivity index (χ2n) is 6.75. The first-order valence-electron chi connectivity index (χ1n) is 8.44. The summed E-state index contributed by atoms with van der Waals surface area (Å²) in [5, 5.41) is 1.01. The number of rotatable bonds is 4. The van der Waals surface area contributed by atoms with Crippen LogP contribution < -0.4 is 4.48 Å². The van der Waals surface area contributed by atoms with Gasteiger partial charge in [-0.15, -0.1) is 0 Å². The third-order valence-corrected chi connectivity index (χ3v) is 6.48. The monoisotopic (exact) mass is 372 g/mol. The molecule has 0 saturated heterocycles. The lowest BCUT2D eigenvalue weighted by atomic mass is 9.80. The third kappa shape index (κ3) is 1.96. The number of esters is 1. The number of hydrogen-bond acceptors (Lipinski definition) is 5. The van der Waals surface area contributed by atoms with Crippen LogP contribution in [-0.2, 0) is 14.3 Å². The van der Waals surface area contributed by atoms with Crippen molar-refractivity contribution in [1.29, 1.82) is 0 Å². The SMILES string of the molecule is COCSc1cnc2n1C1=C(C)C=CCC13C=CC=C(C(=O)OC)[N+]23C. The second kappa shape index (κ2) is 5.97. The quantitative estimate of drug-likeness (QED) is 0.352. The van der Waals surface area contributed by atoms with Crippen molar-refractivity contribution >= 4 is 29.4 Å². The van der Waals surface area contributed by atoms with E-state index in [0.29, 0.717) is 11.6 Å². The number of fused-ring (bicyclic) bond motifs is 3. The molecule has 0 saturated carbocycles. The van der Waals surface area contributed by atoms with E-state index < -0.39 is 5.54 Å². The van der Waals surface area contributed by atoms with Gasteiger partial charge in [-0.25, -0.2) is 13.8 Å². The van der Waals surface area contributed by atoms with Crippen molar-refractivity contribution in [1.82, 2.24) is 14.0 Å². The number of imidazole rings is 1. The van der Waals surface area contributed by atoms with Crippen LogP contribution in [0.4, 0.5) is 5.95 Å². The molecule has 1 aliphatic carbocycles. The molecular weight excluding hydrogens is 350 g/mol. The molecule has 1 aromatic heterocycles. The van der Waals surface area contributed by atoms with Crippen molar-refractivity contribution < 1.29 is 14.3 Å². The van der Waals surface area contributed by atoms with Gasteiger partial charge in [-0.3, -0.25) is 0 Å². The lowest BCUT2D eigenvalue weighted by Gasteiger charge is -2.44. The molecule has 136 valence electrons. The molecule has 0 aromatic carbocycles. The molecule has 3 heterocycles. The third-order valence-electron chi connectivity index (χ3n) is 5.54. The van der Waals surface area contributed by atoms with Gasteiger partial charge in [-0.05, 0) is 18.6 Å². The second-order valence-corrected chi connectivity index (χ2v) is 7.70. The predicted molar refractivity (Wildman–Crippen MR) is 102 cm³/mol. The molecule has 1 spiro atoms. The maximum Gasteiger partial charge on any atom is 0.393 e. The average Bonchev–Trinajstić information content (AvgIpc) is 3.14. The predicted octanol–water partition coefficient (Wildman–Crippen LogP) is 3.09. The molecule has 3 aliphatic rings. The molecule has 26 heavy (non-hydrogen) atoms. The number of hydrogen-bond donors (Lipinski definition) is 0. The number of quaternary nitrogens is 1. The Morgan fingerprint density at radius 3 is 3.00 bits per heavy atom. The van der Waals surface area contributed by atoms with Crippen LogP contribution in [0.2, 0.25) is 0 Å². The Balaban J connectivity index is 2.01. The molecule has 2 unspecified atom stereocenters. The summed E-state index contributed by atoms with van der Waals surface area (Å²) in [5.41, 5.74) is 2.53. The number of likely N-dealkylation sites (N-methyl/N-ethyl adjacent to an activating group) is 1. The van der Waals surface area contributed by atoms with Gasteiger partial charge < -0.3 is 9.47 Å². The summed E-state index contributed by atoms with van der Waals surface area (Å²) < 4.78 is 12.8. The summed E-state index contributed by atoms with van der Waals surface area (Å²) in [6, 6.07) is 0. The Labute approximate surface area is 157 Å². The molecule has 6 nitrogen and oxygen atoms in total. The topological polar surface area (TPSA) is 53.4 Å². The molecule has 2 atom stereocenters. The first-order valence-corrected chi connectivity index (χ1v) is 9.43. The normalized spacial score (nSPS) is 28.5. The molecular formula is C19H22N3O3S+. The van der Waals surface area contributed by atoms with E-state index in [1.54, 1.807) is 18.9 Å². The van der Waals surface area contributed by atoms with E-state index in [1.807, 2.05) is 18.3 Å². The van der Waals surface area contributed by atoms with Crippen LogP contribution in [0.3, 0.4) is 0 Å². The first kappa shape index (κ1) is 17.3. The number of ether oxygens (including phenoxy) is 2. The van der Waals surface area contributed by atoms with Gasteiger partial charge in [0.2, 0.25) is 5.70 Å².